The van der Waals surface area contributed by atoms with E-state index in [0.29, 0.717) is 18.2 Å². The van der Waals surface area contributed by atoms with Gasteiger partial charge in [0.1, 0.15) is 0 Å². The van der Waals surface area contributed by atoms with Crippen molar-refractivity contribution in [2.45, 2.75) is 61.7 Å². The van der Waals surface area contributed by atoms with E-state index in [-0.39, 0.29) is 51.8 Å². The van der Waals surface area contributed by atoms with Gasteiger partial charge in [-0.3, -0.25) is 0 Å². The minimum absolute atomic E-state index is 0. The van der Waals surface area contributed by atoms with Crippen LogP contribution in [0.15, 0.2) is 91.0 Å². The minimum Gasteiger partial charge on any atom is -0.618 e. The van der Waals surface area contributed by atoms with Crippen LogP contribution in [0, 0.1) is 92.0 Å². The minimum atomic E-state index is -6.14. The fraction of sp³-hybridized carbons (Fsp3) is 0.256. The van der Waals surface area contributed by atoms with Crippen molar-refractivity contribution in [1.82, 2.24) is 0 Å². The molecule has 0 aliphatic carbocycles. The zero-order valence-electron chi connectivity index (χ0n) is 39.2. The fourth-order valence-corrected chi connectivity index (χ4v) is 12.0. The Morgan fingerprint density at radius 3 is 0.583 bits per heavy atom. The molecular formula is C39H23F24N4NdO14P2. The fourth-order valence-electron chi connectivity index (χ4n) is 6.53. The molecule has 0 saturated heterocycles. The number of nitrogens with zero attached hydrogens (tertiary/aromatic N) is 4. The molecule has 0 aliphatic heterocycles. The van der Waals surface area contributed by atoms with Gasteiger partial charge in [-0.2, -0.15) is 110 Å². The first-order chi connectivity index (χ1) is 36.0. The van der Waals surface area contributed by atoms with Gasteiger partial charge in [-0.1, -0.05) is 0 Å². The standard InChI is InChI=1S/C39H19F24NO3P2.3NO3.Nd.2H2O/c40-32(41,42)18-4-19(33(43,44)45)9-28(8-18)68(66,29-10-20(34(46,47)48)5-21(11-29)35(49,50)51)16-26-2-1-3-27(64(26)65)17-69(67,30-12-22(36(52,53)54)6-23(13-30)37(55,56)57)31-14-24(38(58,59)60)7-25(15-31)39(61,62)63;3*2-1(3)4;;;/h1-15H,16-17H2;;;;;2*1H2/q;3*-1;+3;;. The van der Waals surface area contributed by atoms with Gasteiger partial charge in [0.2, 0.25) is 11.4 Å². The molecule has 1 heterocycles. The topological polar surface area (TPSA) is 323 Å². The van der Waals surface area contributed by atoms with Gasteiger partial charge in [-0.15, -0.1) is 0 Å². The smallest absolute Gasteiger partial charge is 0.618 e. The molecule has 45 heteroatoms. The van der Waals surface area contributed by atoms with Crippen molar-refractivity contribution < 1.29 is 186 Å². The van der Waals surface area contributed by atoms with Gasteiger partial charge >= 0.3 is 90.2 Å². The van der Waals surface area contributed by atoms with Crippen LogP contribution >= 0.6 is 14.3 Å². The first-order valence-corrected chi connectivity index (χ1v) is 23.4. The molecule has 1 aromatic heterocycles. The van der Waals surface area contributed by atoms with Crippen LogP contribution in [0.1, 0.15) is 55.9 Å². The van der Waals surface area contributed by atoms with Gasteiger partial charge in [0.15, 0.2) is 14.3 Å². The number of rotatable bonds is 8. The Kier molecular flexibility index (Phi) is 26.6. The van der Waals surface area contributed by atoms with E-state index in [1.54, 1.807) is 0 Å². The molecule has 84 heavy (non-hydrogen) atoms. The first kappa shape index (κ1) is 79.5. The maximum absolute atomic E-state index is 15.1. The summed E-state index contributed by atoms with van der Waals surface area (Å²) in [4.78, 5) is 24.8. The number of hydrogen-bond donors (Lipinski definition) is 0. The average molecular weight is 1430 g/mol. The average Bonchev–Trinajstić information content (AvgIpc) is 3.26. The summed E-state index contributed by atoms with van der Waals surface area (Å²) in [5.41, 5.74) is -21.9. The molecule has 4 aromatic carbocycles. The largest absolute Gasteiger partial charge is 3.00 e. The molecular weight excluding hydrogens is 1410 g/mol. The molecule has 0 aliphatic rings. The summed E-state index contributed by atoms with van der Waals surface area (Å²) in [5.74, 6) is 0. The van der Waals surface area contributed by atoms with E-state index in [4.69, 9.17) is 46.0 Å². The second kappa shape index (κ2) is 28.1. The van der Waals surface area contributed by atoms with Gasteiger partial charge in [-0.25, -0.2) is 0 Å². The van der Waals surface area contributed by atoms with Crippen LogP contribution in [0.25, 0.3) is 0 Å². The Morgan fingerprint density at radius 2 is 0.464 bits per heavy atom. The van der Waals surface area contributed by atoms with E-state index in [0.717, 1.165) is 0 Å². The van der Waals surface area contributed by atoms with Crippen molar-refractivity contribution in [3.05, 3.63) is 198 Å². The maximum atomic E-state index is 15.1. The van der Waals surface area contributed by atoms with Crippen LogP contribution in [0.5, 0.6) is 0 Å². The summed E-state index contributed by atoms with van der Waals surface area (Å²) >= 11 is 0. The number of aromatic nitrogens is 1. The van der Waals surface area contributed by atoms with Gasteiger partial charge in [-0.05, 0) is 78.9 Å². The normalized spacial score (nSPS) is 12.4. The van der Waals surface area contributed by atoms with Crippen molar-refractivity contribution in [2.24, 2.45) is 0 Å². The number of hydrogen-bond acceptors (Lipinski definition) is 12. The van der Waals surface area contributed by atoms with Gasteiger partial charge in [0.25, 0.3) is 0 Å². The molecule has 0 saturated carbocycles. The van der Waals surface area contributed by atoms with Crippen molar-refractivity contribution in [3.8, 4) is 0 Å². The summed E-state index contributed by atoms with van der Waals surface area (Å²) in [6.07, 6.45) is -51.0. The van der Waals surface area contributed by atoms with Gasteiger partial charge in [0, 0.05) is 33.4 Å². The molecule has 5 aromatic rings. The van der Waals surface area contributed by atoms with Crippen LogP contribution < -0.4 is 25.9 Å². The second-order valence-electron chi connectivity index (χ2n) is 15.3. The summed E-state index contributed by atoms with van der Waals surface area (Å²) in [6.45, 7) is 0. The van der Waals surface area contributed by atoms with Crippen LogP contribution in [0.4, 0.5) is 105 Å². The zero-order chi connectivity index (χ0) is 63.4. The maximum Gasteiger partial charge on any atom is 3.00 e. The number of halogens is 24. The van der Waals surface area contributed by atoms with E-state index in [2.05, 4.69) is 0 Å². The summed E-state index contributed by atoms with van der Waals surface area (Å²) < 4.78 is 366. The monoisotopic (exact) mass is 1430 g/mol. The predicted octanol–water partition coefficient (Wildman–Crippen LogP) is 11.1. The molecule has 1 radical (unpaired) electrons. The molecule has 0 fully saturated rings. The SMILES string of the molecule is O.O.O=P(Cc1cccc(CP(=O)(c2cc(C(F)(F)F)cc(C(F)(F)F)c2)c2cc(C(F)(F)F)cc(C(F)(F)F)c2)[n+]1[O-])(c1cc(C(F)(F)F)cc(C(F)(F)F)c1)c1cc(C(F)(F)F)cc(C(F)(F)F)c1.O=[N+]([O-])[O-].O=[N+]([O-])[O-].O=[N+]([O-])[O-].[Nd+3]. The van der Waals surface area contributed by atoms with E-state index in [1.165, 1.54) is 0 Å². The molecule has 0 bridgehead atoms. The molecule has 0 spiro atoms. The summed E-state index contributed by atoms with van der Waals surface area (Å²) in [5, 5.41) is 51.0. The van der Waals surface area contributed by atoms with Crippen LogP contribution in [-0.2, 0) is 70.9 Å². The van der Waals surface area contributed by atoms with Crippen molar-refractivity contribution >= 4 is 35.5 Å². The molecule has 0 unspecified atom stereocenters. The van der Waals surface area contributed by atoms with Gasteiger partial charge in [0.05, 0.1) is 72.1 Å². The molecule has 18 nitrogen and oxygen atoms in total. The third-order valence-corrected chi connectivity index (χ3v) is 15.7. The van der Waals surface area contributed by atoms with Crippen LogP contribution in [0.2, 0.25) is 0 Å². The van der Waals surface area contributed by atoms with E-state index >= 15 is 9.13 Å². The Labute approximate surface area is 479 Å². The third kappa shape index (κ3) is 22.2. The van der Waals surface area contributed by atoms with Crippen LogP contribution in [0.3, 0.4) is 0 Å². The number of benzene rings is 4. The predicted molar refractivity (Wildman–Crippen MR) is 231 cm³/mol. The second-order valence-corrected chi connectivity index (χ2v) is 21.0. The summed E-state index contributed by atoms with van der Waals surface area (Å²) in [6, 6.07) is -4.59. The molecule has 4 N–H and O–H groups in total. The number of pyridine rings is 1. The summed E-state index contributed by atoms with van der Waals surface area (Å²) in [7, 11) is -12.3. The first-order valence-electron chi connectivity index (χ1n) is 19.6. The van der Waals surface area contributed by atoms with E-state index < -0.39 is 246 Å². The van der Waals surface area contributed by atoms with Crippen LogP contribution in [-0.4, -0.2) is 26.2 Å². The third-order valence-electron chi connectivity index (χ3n) is 9.83. The zero-order valence-corrected chi connectivity index (χ0v) is 44.2. The van der Waals surface area contributed by atoms with Gasteiger partial charge < -0.3 is 71.3 Å². The van der Waals surface area contributed by atoms with Crippen molar-refractivity contribution in [2.75, 3.05) is 0 Å². The molecule has 0 atom stereocenters. The molecule has 465 valence electrons. The molecule has 5 rings (SSSR count). The van der Waals surface area contributed by atoms with Crippen molar-refractivity contribution in [3.63, 3.8) is 0 Å². The Morgan fingerprint density at radius 1 is 0.333 bits per heavy atom. The number of alkyl halides is 24. The van der Waals surface area contributed by atoms with Crippen molar-refractivity contribution in [1.29, 1.82) is 0 Å². The van der Waals surface area contributed by atoms with E-state index in [9.17, 15) is 111 Å². The Bertz CT molecular complexity index is 2720. The molecule has 0 amide bonds. The Hall–Kier alpha value is -6.52. The Balaban J connectivity index is 0. The van der Waals surface area contributed by atoms with E-state index in [1.807, 2.05) is 0 Å². The quantitative estimate of drug-likeness (QED) is 0.0349.